The van der Waals surface area contributed by atoms with E-state index >= 15 is 0 Å². The third-order valence-corrected chi connectivity index (χ3v) is 8.65. The predicted molar refractivity (Wildman–Crippen MR) is 221 cm³/mol. The summed E-state index contributed by atoms with van der Waals surface area (Å²) >= 11 is 1.65. The van der Waals surface area contributed by atoms with Crippen LogP contribution in [0, 0.1) is 0 Å². The van der Waals surface area contributed by atoms with Crippen molar-refractivity contribution < 1.29 is 80.4 Å². The lowest BCUT2D eigenvalue weighted by molar-refractivity contribution is -0.196. The highest BCUT2D eigenvalue weighted by Crippen LogP contribution is 2.31. The Labute approximate surface area is 357 Å². The first-order valence-corrected chi connectivity index (χ1v) is 24.1. The number of thioether (sulfide) groups is 1. The molecule has 0 saturated carbocycles. The van der Waals surface area contributed by atoms with E-state index in [0.29, 0.717) is 184 Å². The van der Waals surface area contributed by atoms with E-state index in [0.717, 1.165) is 31.7 Å². The van der Waals surface area contributed by atoms with Gasteiger partial charge in [-0.1, -0.05) is 12.8 Å². The molecule has 1 atom stereocenters. The largest absolute Gasteiger partial charge is 0.779 e. The van der Waals surface area contributed by atoms with Gasteiger partial charge in [0, 0.05) is 38.3 Å². The van der Waals surface area contributed by atoms with Crippen LogP contribution in [0.1, 0.15) is 38.5 Å². The highest BCUT2D eigenvalue weighted by Gasteiger charge is 2.03. The number of hydrogen-bond acceptors (Lipinski definition) is 18. The number of unbranched alkanes of at least 4 members (excludes halogenated alkanes) is 3. The van der Waals surface area contributed by atoms with Gasteiger partial charge in [-0.3, -0.25) is 9.59 Å². The Morgan fingerprint density at radius 3 is 1.08 bits per heavy atom. The lowest BCUT2D eigenvalue weighted by Crippen LogP contribution is -2.27. The number of nitrogens with one attached hydrogen (secondary N) is 2. The molecular formula is C38H76N2O17PS-. The van der Waals surface area contributed by atoms with Crippen LogP contribution in [-0.4, -0.2) is 209 Å². The van der Waals surface area contributed by atoms with E-state index in [2.05, 4.69) is 10.6 Å². The first-order chi connectivity index (χ1) is 28.8. The highest BCUT2D eigenvalue weighted by molar-refractivity contribution is 7.98. The van der Waals surface area contributed by atoms with Crippen LogP contribution in [0.15, 0.2) is 0 Å². The predicted octanol–water partition coefficient (Wildman–Crippen LogP) is 1.32. The summed E-state index contributed by atoms with van der Waals surface area (Å²) < 4.78 is 81.2. The summed E-state index contributed by atoms with van der Waals surface area (Å²) in [5, 5.41) is 5.66. The lowest BCUT2D eigenvalue weighted by atomic mass is 10.2. The Hall–Kier alpha value is -1.04. The van der Waals surface area contributed by atoms with Crippen LogP contribution < -0.4 is 15.5 Å². The van der Waals surface area contributed by atoms with E-state index in [1.165, 1.54) is 0 Å². The molecule has 2 amide bonds. The molecule has 2 N–H and O–H groups in total. The van der Waals surface area contributed by atoms with E-state index in [-0.39, 0.29) is 24.8 Å². The average Bonchev–Trinajstić information content (AvgIpc) is 3.21. The molecule has 0 aromatic heterocycles. The molecule has 59 heavy (non-hydrogen) atoms. The fourth-order valence-corrected chi connectivity index (χ4v) is 5.21. The minimum Gasteiger partial charge on any atom is -0.779 e. The van der Waals surface area contributed by atoms with Crippen molar-refractivity contribution in [1.82, 2.24) is 10.6 Å². The Balaban J connectivity index is 3.14. The van der Waals surface area contributed by atoms with Gasteiger partial charge in [0.2, 0.25) is 11.8 Å². The number of carbonyl (C=O) groups is 2. The fraction of sp³-hybridized carbons (Fsp3) is 0.947. The standard InChI is InChI=1S/C38H77N2O17PS/c1-58(43,44)57-11-6-4-3-5-9-39-37(41)7-12-45-14-16-47-18-20-49-22-24-51-26-28-53-30-32-55-34-35-56-33-31-54-29-27-52-25-23-50-21-19-48-17-15-46-13-10-40-38(42)8-36-59-2/h3-36H2,1-2H3,(H,39,41)(H,40,42)(H,43,44)/p-1. The molecule has 0 aromatic rings. The summed E-state index contributed by atoms with van der Waals surface area (Å²) in [7, 11) is -3.64. The maximum Gasteiger partial charge on any atom is 0.222 e. The number of hydrogen-bond donors (Lipinski definition) is 2. The summed E-state index contributed by atoms with van der Waals surface area (Å²) in [6, 6.07) is 0. The molecule has 352 valence electrons. The molecule has 0 aromatic carbocycles. The van der Waals surface area contributed by atoms with Crippen molar-refractivity contribution in [2.45, 2.75) is 38.5 Å². The van der Waals surface area contributed by atoms with Gasteiger partial charge in [0.25, 0.3) is 0 Å². The minimum atomic E-state index is -3.64. The van der Waals surface area contributed by atoms with Crippen LogP contribution in [0.5, 0.6) is 0 Å². The fourth-order valence-electron chi connectivity index (χ4n) is 4.36. The van der Waals surface area contributed by atoms with Gasteiger partial charge in [0.1, 0.15) is 7.60 Å². The summed E-state index contributed by atoms with van der Waals surface area (Å²) in [6.45, 7) is 13.5. The third kappa shape index (κ3) is 53.0. The Morgan fingerprint density at radius 2 is 0.729 bits per heavy atom. The molecule has 0 aliphatic heterocycles. The van der Waals surface area contributed by atoms with E-state index in [9.17, 15) is 19.0 Å². The van der Waals surface area contributed by atoms with E-state index < -0.39 is 7.60 Å². The zero-order valence-electron chi connectivity index (χ0n) is 35.8. The number of ether oxygens (including phenoxy) is 12. The molecule has 0 saturated heterocycles. The van der Waals surface area contributed by atoms with Gasteiger partial charge in [0.15, 0.2) is 0 Å². The second-order valence-corrected chi connectivity index (χ2v) is 15.3. The molecular weight excluding hydrogens is 819 g/mol. The molecule has 0 fully saturated rings. The van der Waals surface area contributed by atoms with E-state index in [1.54, 1.807) is 11.8 Å². The normalized spacial score (nSPS) is 12.5. The molecule has 1 unspecified atom stereocenters. The van der Waals surface area contributed by atoms with Crippen molar-refractivity contribution in [3.63, 3.8) is 0 Å². The van der Waals surface area contributed by atoms with Crippen LogP contribution in [0.4, 0.5) is 0 Å². The second-order valence-electron chi connectivity index (χ2n) is 12.6. The SMILES string of the molecule is CSCCC(=O)NCCOCCOCCOCCOCCOCCOCCOCCOCCOCCOCCOCCOCCC(=O)NCCCCCCOP(C)(=O)[O-]. The van der Waals surface area contributed by atoms with Crippen molar-refractivity contribution >= 4 is 31.2 Å². The van der Waals surface area contributed by atoms with Crippen LogP contribution in [0.25, 0.3) is 0 Å². The summed E-state index contributed by atoms with van der Waals surface area (Å²) in [6.07, 6.45) is 6.05. The second kappa shape index (κ2) is 48.0. The quantitative estimate of drug-likeness (QED) is 0.0650. The van der Waals surface area contributed by atoms with Gasteiger partial charge in [-0.15, -0.1) is 0 Å². The smallest absolute Gasteiger partial charge is 0.222 e. The van der Waals surface area contributed by atoms with Crippen molar-refractivity contribution in [3.8, 4) is 0 Å². The van der Waals surface area contributed by atoms with Gasteiger partial charge in [0.05, 0.1) is 165 Å². The molecule has 0 heterocycles. The van der Waals surface area contributed by atoms with Crippen molar-refractivity contribution in [3.05, 3.63) is 0 Å². The first-order valence-electron chi connectivity index (χ1n) is 20.7. The van der Waals surface area contributed by atoms with Gasteiger partial charge in [-0.2, -0.15) is 11.8 Å². The van der Waals surface area contributed by atoms with Crippen molar-refractivity contribution in [1.29, 1.82) is 0 Å². The van der Waals surface area contributed by atoms with Gasteiger partial charge >= 0.3 is 0 Å². The van der Waals surface area contributed by atoms with Gasteiger partial charge in [-0.05, 0) is 19.1 Å². The van der Waals surface area contributed by atoms with Gasteiger partial charge < -0.3 is 81.5 Å². The maximum absolute atomic E-state index is 11.8. The average molecular weight is 896 g/mol. The van der Waals surface area contributed by atoms with Crippen LogP contribution >= 0.6 is 19.4 Å². The van der Waals surface area contributed by atoms with E-state index in [1.807, 2.05) is 6.26 Å². The van der Waals surface area contributed by atoms with Crippen LogP contribution in [0.3, 0.4) is 0 Å². The summed E-state index contributed by atoms with van der Waals surface area (Å²) in [5.41, 5.74) is 0. The van der Waals surface area contributed by atoms with Crippen molar-refractivity contribution in [2.75, 3.05) is 197 Å². The number of rotatable bonds is 50. The third-order valence-electron chi connectivity index (χ3n) is 7.39. The van der Waals surface area contributed by atoms with Crippen LogP contribution in [0.2, 0.25) is 0 Å². The Bertz CT molecular complexity index is 945. The Morgan fingerprint density at radius 1 is 0.424 bits per heavy atom. The highest BCUT2D eigenvalue weighted by atomic mass is 32.2. The topological polar surface area (TPSA) is 218 Å². The van der Waals surface area contributed by atoms with Crippen LogP contribution in [-0.2, 0) is 75.5 Å². The molecule has 0 aliphatic carbocycles. The van der Waals surface area contributed by atoms with Gasteiger partial charge in [-0.25, -0.2) is 0 Å². The number of carbonyl (C=O) groups excluding carboxylic acids is 2. The molecule has 0 aliphatic rings. The molecule has 19 nitrogen and oxygen atoms in total. The minimum absolute atomic E-state index is 0.0515. The zero-order valence-corrected chi connectivity index (χ0v) is 37.5. The van der Waals surface area contributed by atoms with Crippen molar-refractivity contribution in [2.24, 2.45) is 0 Å². The monoisotopic (exact) mass is 895 g/mol. The Kier molecular flexibility index (Phi) is 47.2. The molecule has 0 bridgehead atoms. The summed E-state index contributed by atoms with van der Waals surface area (Å²) in [5.74, 6) is 0.817. The maximum atomic E-state index is 11.8. The molecule has 21 heteroatoms. The summed E-state index contributed by atoms with van der Waals surface area (Å²) in [4.78, 5) is 34.2. The molecule has 0 spiro atoms. The first kappa shape index (κ1) is 58.0. The zero-order chi connectivity index (χ0) is 43.0. The number of amides is 2. The molecule has 0 rings (SSSR count). The van der Waals surface area contributed by atoms with E-state index in [4.69, 9.17) is 61.4 Å². The molecule has 0 radical (unpaired) electrons. The lowest BCUT2D eigenvalue weighted by Gasteiger charge is -2.17.